The summed E-state index contributed by atoms with van der Waals surface area (Å²) >= 11 is 0. The molecule has 0 heterocycles. The number of methoxy groups -OCH3 is 1. The normalized spacial score (nSPS) is 10.5. The first-order valence-corrected chi connectivity index (χ1v) is 6.32. The first-order chi connectivity index (χ1) is 8.01. The average molecular weight is 254 g/mol. The molecule has 0 spiro atoms. The van der Waals surface area contributed by atoms with Gasteiger partial charge in [-0.25, -0.2) is 8.42 Å². The lowest BCUT2D eigenvalue weighted by Crippen LogP contribution is -2.24. The molecule has 0 saturated carbocycles. The molecular weight excluding hydrogens is 240 g/mol. The molecule has 0 fully saturated rings. The first-order valence-electron chi connectivity index (χ1n) is 4.84. The third-order valence-corrected chi connectivity index (χ3v) is 3.44. The highest BCUT2D eigenvalue weighted by atomic mass is 32.2. The van der Waals surface area contributed by atoms with Gasteiger partial charge in [-0.05, 0) is 25.1 Å². The van der Waals surface area contributed by atoms with Crippen LogP contribution in [0.25, 0.3) is 0 Å². The van der Waals surface area contributed by atoms with Crippen molar-refractivity contribution in [1.82, 2.24) is 4.72 Å². The van der Waals surface area contributed by atoms with E-state index in [1.165, 1.54) is 25.3 Å². The van der Waals surface area contributed by atoms with Crippen molar-refractivity contribution in [3.63, 3.8) is 0 Å². The molecule has 1 rings (SSSR count). The van der Waals surface area contributed by atoms with Crippen LogP contribution in [0, 0.1) is 11.8 Å². The van der Waals surface area contributed by atoms with Gasteiger partial charge in [0.05, 0.1) is 24.2 Å². The first kappa shape index (κ1) is 13.4. The van der Waals surface area contributed by atoms with E-state index >= 15 is 0 Å². The van der Waals surface area contributed by atoms with Gasteiger partial charge >= 0.3 is 0 Å². The minimum absolute atomic E-state index is 0.0742. The van der Waals surface area contributed by atoms with E-state index in [1.54, 1.807) is 6.92 Å². The summed E-state index contributed by atoms with van der Waals surface area (Å²) in [7, 11) is -2.10. The highest BCUT2D eigenvalue weighted by Gasteiger charge is 2.14. The third kappa shape index (κ3) is 3.37. The second-order valence-electron chi connectivity index (χ2n) is 3.16. The summed E-state index contributed by atoms with van der Waals surface area (Å²) < 4.78 is 30.9. The number of sulfonamides is 1. The Balaban J connectivity index is 2.98. The van der Waals surface area contributed by atoms with Gasteiger partial charge in [-0.3, -0.25) is 0 Å². The van der Waals surface area contributed by atoms with Gasteiger partial charge in [-0.15, -0.1) is 5.92 Å². The molecule has 0 aliphatic heterocycles. The van der Waals surface area contributed by atoms with Crippen molar-refractivity contribution in [2.75, 3.05) is 19.4 Å². The molecule has 92 valence electrons. The van der Waals surface area contributed by atoms with Gasteiger partial charge < -0.3 is 10.5 Å². The van der Waals surface area contributed by atoms with E-state index in [0.29, 0.717) is 5.75 Å². The molecule has 0 aromatic heterocycles. The third-order valence-electron chi connectivity index (χ3n) is 2.04. The van der Waals surface area contributed by atoms with Crippen LogP contribution in [0.5, 0.6) is 5.75 Å². The minimum atomic E-state index is -3.57. The number of hydrogen-bond acceptors (Lipinski definition) is 4. The number of benzene rings is 1. The Morgan fingerprint density at radius 3 is 2.71 bits per heavy atom. The quantitative estimate of drug-likeness (QED) is 0.608. The van der Waals surface area contributed by atoms with E-state index in [2.05, 4.69) is 16.6 Å². The van der Waals surface area contributed by atoms with Gasteiger partial charge in [0.2, 0.25) is 10.0 Å². The van der Waals surface area contributed by atoms with Crippen LogP contribution >= 0.6 is 0 Å². The number of ether oxygens (including phenoxy) is 1. The maximum Gasteiger partial charge on any atom is 0.241 e. The van der Waals surface area contributed by atoms with Gasteiger partial charge in [-0.1, -0.05) is 5.92 Å². The van der Waals surface area contributed by atoms with Gasteiger partial charge in [-0.2, -0.15) is 4.72 Å². The maximum atomic E-state index is 11.8. The van der Waals surface area contributed by atoms with Crippen LogP contribution in [0.1, 0.15) is 6.92 Å². The molecule has 0 atom stereocenters. The van der Waals surface area contributed by atoms with Crippen molar-refractivity contribution < 1.29 is 13.2 Å². The fourth-order valence-electron chi connectivity index (χ4n) is 1.18. The standard InChI is InChI=1S/C11H14N2O3S/c1-3-4-7-13-17(14,15)9-5-6-11(16-2)10(12)8-9/h5-6,8,13H,7,12H2,1-2H3. The Bertz CT molecular complexity index is 556. The molecule has 0 bridgehead atoms. The Morgan fingerprint density at radius 1 is 1.47 bits per heavy atom. The van der Waals surface area contributed by atoms with Crippen molar-refractivity contribution in [3.8, 4) is 17.6 Å². The smallest absolute Gasteiger partial charge is 0.241 e. The summed E-state index contributed by atoms with van der Waals surface area (Å²) in [6, 6.07) is 4.28. The molecule has 5 nitrogen and oxygen atoms in total. The predicted octanol–water partition coefficient (Wildman–Crippen LogP) is 0.579. The van der Waals surface area contributed by atoms with E-state index < -0.39 is 10.0 Å². The molecule has 1 aromatic carbocycles. The topological polar surface area (TPSA) is 81.4 Å². The molecule has 6 heteroatoms. The van der Waals surface area contributed by atoms with Gasteiger partial charge in [0, 0.05) is 0 Å². The second kappa shape index (κ2) is 5.57. The summed E-state index contributed by atoms with van der Waals surface area (Å²) in [5.74, 6) is 5.66. The molecular formula is C11H14N2O3S. The lowest BCUT2D eigenvalue weighted by molar-refractivity contribution is 0.416. The van der Waals surface area contributed by atoms with E-state index in [4.69, 9.17) is 10.5 Å². The lowest BCUT2D eigenvalue weighted by Gasteiger charge is -2.07. The molecule has 3 N–H and O–H groups in total. The van der Waals surface area contributed by atoms with Crippen molar-refractivity contribution in [3.05, 3.63) is 18.2 Å². The Morgan fingerprint density at radius 2 is 2.18 bits per heavy atom. The Kier molecular flexibility index (Phi) is 4.37. The number of rotatable bonds is 4. The van der Waals surface area contributed by atoms with Crippen LogP contribution in [-0.4, -0.2) is 22.1 Å². The van der Waals surface area contributed by atoms with E-state index in [0.717, 1.165) is 0 Å². The average Bonchev–Trinajstić information content (AvgIpc) is 2.29. The zero-order valence-electron chi connectivity index (χ0n) is 9.65. The summed E-state index contributed by atoms with van der Waals surface area (Å²) in [6.45, 7) is 1.71. The monoisotopic (exact) mass is 254 g/mol. The van der Waals surface area contributed by atoms with Crippen molar-refractivity contribution in [1.29, 1.82) is 0 Å². The summed E-state index contributed by atoms with van der Waals surface area (Å²) in [5.41, 5.74) is 5.91. The Hall–Kier alpha value is -1.71. The second-order valence-corrected chi connectivity index (χ2v) is 4.92. The zero-order chi connectivity index (χ0) is 12.9. The number of hydrogen-bond donors (Lipinski definition) is 2. The van der Waals surface area contributed by atoms with Crippen LogP contribution < -0.4 is 15.2 Å². The number of nitrogens with two attached hydrogens (primary N) is 1. The summed E-state index contributed by atoms with van der Waals surface area (Å²) in [6.07, 6.45) is 0. The summed E-state index contributed by atoms with van der Waals surface area (Å²) in [4.78, 5) is 0.0914. The largest absolute Gasteiger partial charge is 0.495 e. The molecule has 17 heavy (non-hydrogen) atoms. The van der Waals surface area contributed by atoms with E-state index in [-0.39, 0.29) is 17.1 Å². The molecule has 0 aliphatic carbocycles. The number of nitrogen functional groups attached to an aromatic ring is 1. The molecule has 1 aromatic rings. The van der Waals surface area contributed by atoms with Crippen LogP contribution in [0.2, 0.25) is 0 Å². The fraction of sp³-hybridized carbons (Fsp3) is 0.273. The maximum absolute atomic E-state index is 11.8. The van der Waals surface area contributed by atoms with Gasteiger partial charge in [0.1, 0.15) is 5.75 Å². The number of anilines is 1. The molecule has 0 amide bonds. The highest BCUT2D eigenvalue weighted by Crippen LogP contribution is 2.23. The molecule has 0 unspecified atom stereocenters. The molecule has 0 aliphatic rings. The van der Waals surface area contributed by atoms with Gasteiger partial charge in [0.25, 0.3) is 0 Å². The lowest BCUT2D eigenvalue weighted by atomic mass is 10.3. The van der Waals surface area contributed by atoms with E-state index in [1.807, 2.05) is 0 Å². The fourth-order valence-corrected chi connectivity index (χ4v) is 2.14. The van der Waals surface area contributed by atoms with Crippen LogP contribution in [0.15, 0.2) is 23.1 Å². The summed E-state index contributed by atoms with van der Waals surface area (Å²) in [5, 5.41) is 0. The van der Waals surface area contributed by atoms with Crippen LogP contribution in [-0.2, 0) is 10.0 Å². The molecule has 0 radical (unpaired) electrons. The zero-order valence-corrected chi connectivity index (χ0v) is 10.5. The number of nitrogens with one attached hydrogen (secondary N) is 1. The van der Waals surface area contributed by atoms with Gasteiger partial charge in [0.15, 0.2) is 0 Å². The van der Waals surface area contributed by atoms with E-state index in [9.17, 15) is 8.42 Å². The van der Waals surface area contributed by atoms with Crippen LogP contribution in [0.4, 0.5) is 5.69 Å². The van der Waals surface area contributed by atoms with Crippen molar-refractivity contribution in [2.45, 2.75) is 11.8 Å². The SMILES string of the molecule is CC#CCNS(=O)(=O)c1ccc(OC)c(N)c1. The van der Waals surface area contributed by atoms with Crippen LogP contribution in [0.3, 0.4) is 0 Å². The molecule has 0 saturated heterocycles. The predicted molar refractivity (Wildman–Crippen MR) is 66.0 cm³/mol. The van der Waals surface area contributed by atoms with Crippen molar-refractivity contribution >= 4 is 15.7 Å². The Labute approximate surface area is 101 Å². The minimum Gasteiger partial charge on any atom is -0.495 e. The highest BCUT2D eigenvalue weighted by molar-refractivity contribution is 7.89. The van der Waals surface area contributed by atoms with Crippen molar-refractivity contribution in [2.24, 2.45) is 0 Å².